The molecule has 1 fully saturated rings. The predicted octanol–water partition coefficient (Wildman–Crippen LogP) is 4.01. The summed E-state index contributed by atoms with van der Waals surface area (Å²) in [6, 6.07) is 6.42. The fourth-order valence-electron chi connectivity index (χ4n) is 5.08. The van der Waals surface area contributed by atoms with Crippen molar-refractivity contribution in [2.24, 2.45) is 5.92 Å². The van der Waals surface area contributed by atoms with E-state index in [9.17, 15) is 32.3 Å². The van der Waals surface area contributed by atoms with Crippen LogP contribution in [0.5, 0.6) is 0 Å². The molecule has 1 saturated heterocycles. The van der Waals surface area contributed by atoms with Crippen molar-refractivity contribution in [2.75, 3.05) is 33.3 Å². The number of amides is 3. The van der Waals surface area contributed by atoms with Crippen LogP contribution in [0.15, 0.2) is 53.7 Å². The molecule has 2 aromatic carbocycles. The Balaban J connectivity index is 0.00000462. The third-order valence-corrected chi connectivity index (χ3v) is 7.22. The van der Waals surface area contributed by atoms with Gasteiger partial charge in [0.2, 0.25) is 6.41 Å². The molecule has 0 radical (unpaired) electrons. The van der Waals surface area contributed by atoms with E-state index in [0.717, 1.165) is 29.3 Å². The van der Waals surface area contributed by atoms with Crippen molar-refractivity contribution in [2.45, 2.75) is 25.8 Å². The van der Waals surface area contributed by atoms with E-state index in [1.165, 1.54) is 37.3 Å². The fraction of sp³-hybridized carbons (Fsp3) is 0.357. The first-order valence-electron chi connectivity index (χ1n) is 12.7. The first-order valence-corrected chi connectivity index (χ1v) is 12.7. The van der Waals surface area contributed by atoms with Crippen LogP contribution in [-0.4, -0.2) is 72.4 Å². The van der Waals surface area contributed by atoms with Gasteiger partial charge in [0.25, 0.3) is 0 Å². The van der Waals surface area contributed by atoms with Crippen LogP contribution in [0.3, 0.4) is 0 Å². The summed E-state index contributed by atoms with van der Waals surface area (Å²) in [5, 5.41) is 4.60. The number of hydrogen-bond donors (Lipinski definition) is 1. The van der Waals surface area contributed by atoms with Gasteiger partial charge in [-0.1, -0.05) is 6.07 Å². The number of urea groups is 1. The van der Waals surface area contributed by atoms with E-state index < -0.39 is 35.5 Å². The summed E-state index contributed by atoms with van der Waals surface area (Å²) in [6.07, 6.45) is 1.55. The number of nitrogens with zero attached hydrogens (tertiary/aromatic N) is 3. The molecule has 0 aromatic heterocycles. The van der Waals surface area contributed by atoms with E-state index in [1.807, 2.05) is 4.90 Å². The number of likely N-dealkylation sites (tertiary alicyclic amines) is 1. The molecule has 0 spiro atoms. The van der Waals surface area contributed by atoms with Crippen molar-refractivity contribution in [1.29, 1.82) is 0 Å². The van der Waals surface area contributed by atoms with Gasteiger partial charge < -0.3 is 15.0 Å². The molecule has 2 aliphatic rings. The Morgan fingerprint density at radius 2 is 1.73 bits per heavy atom. The fourth-order valence-corrected chi connectivity index (χ4v) is 5.08. The second-order valence-corrected chi connectivity index (χ2v) is 9.64. The third kappa shape index (κ3) is 6.88. The summed E-state index contributed by atoms with van der Waals surface area (Å²) in [5.74, 6) is -3.78. The Hall–Kier alpha value is -3.90. The number of ether oxygens (including phenoxy) is 1. The number of hydrazine groups is 1. The topological polar surface area (TPSA) is 99.3 Å². The maximum absolute atomic E-state index is 14.2. The molecule has 3 amide bonds. The van der Waals surface area contributed by atoms with E-state index in [0.29, 0.717) is 44.4 Å². The molecule has 1 atom stereocenters. The Kier molecular flexibility index (Phi) is 10.5. The van der Waals surface area contributed by atoms with Crippen LogP contribution in [0.1, 0.15) is 41.7 Å². The molecule has 2 aromatic rings. The van der Waals surface area contributed by atoms with Crippen molar-refractivity contribution in [3.05, 3.63) is 82.3 Å². The molecule has 0 bridgehead atoms. The summed E-state index contributed by atoms with van der Waals surface area (Å²) in [5.41, 5.74) is 0.637. The standard InChI is InChI=1S/C28H29F3N4O5.ClH/c1-17-24(27(38)40-2)25(20-5-8-22(30)23(31)15-20)35(28(39)32-17)34(16-36)14-13-33-11-9-19(10-12-33)26(37)18-3-6-21(29)7-4-18;/h3-8,15-16,19,25H,9-14H2,1-2H3,(H,32,39);1H. The molecule has 41 heavy (non-hydrogen) atoms. The highest BCUT2D eigenvalue weighted by Gasteiger charge is 2.42. The van der Waals surface area contributed by atoms with Gasteiger partial charge in [-0.15, -0.1) is 12.4 Å². The average molecular weight is 595 g/mol. The quantitative estimate of drug-likeness (QED) is 0.268. The highest BCUT2D eigenvalue weighted by Crippen LogP contribution is 2.35. The van der Waals surface area contributed by atoms with Crippen LogP contribution >= 0.6 is 12.4 Å². The second kappa shape index (κ2) is 13.6. The molecule has 0 saturated carbocycles. The monoisotopic (exact) mass is 594 g/mol. The minimum absolute atomic E-state index is 0. The van der Waals surface area contributed by atoms with E-state index >= 15 is 0 Å². The summed E-state index contributed by atoms with van der Waals surface area (Å²) in [4.78, 5) is 52.8. The van der Waals surface area contributed by atoms with Gasteiger partial charge in [-0.2, -0.15) is 0 Å². The number of benzene rings is 2. The zero-order valence-corrected chi connectivity index (χ0v) is 23.3. The first kappa shape index (κ1) is 31.6. The van der Waals surface area contributed by atoms with Gasteiger partial charge in [0.05, 0.1) is 19.2 Å². The van der Waals surface area contributed by atoms with Gasteiger partial charge in [0.15, 0.2) is 17.4 Å². The van der Waals surface area contributed by atoms with Gasteiger partial charge in [0.1, 0.15) is 11.9 Å². The van der Waals surface area contributed by atoms with Crippen LogP contribution in [0.4, 0.5) is 18.0 Å². The maximum Gasteiger partial charge on any atom is 0.341 e. The third-order valence-electron chi connectivity index (χ3n) is 7.22. The molecule has 2 heterocycles. The van der Waals surface area contributed by atoms with Gasteiger partial charge in [-0.05, 0) is 74.8 Å². The number of esters is 1. The van der Waals surface area contributed by atoms with Crippen molar-refractivity contribution < 1.29 is 37.1 Å². The number of nitrogens with one attached hydrogen (secondary N) is 1. The summed E-state index contributed by atoms with van der Waals surface area (Å²) in [7, 11) is 1.15. The van der Waals surface area contributed by atoms with Gasteiger partial charge >= 0.3 is 12.0 Å². The first-order chi connectivity index (χ1) is 19.1. The largest absolute Gasteiger partial charge is 0.466 e. The molecule has 9 nitrogen and oxygen atoms in total. The number of rotatable bonds is 9. The molecular weight excluding hydrogens is 565 g/mol. The minimum atomic E-state index is -1.26. The zero-order valence-electron chi connectivity index (χ0n) is 22.4. The number of piperidine rings is 1. The van der Waals surface area contributed by atoms with Crippen molar-refractivity contribution >= 4 is 36.6 Å². The molecular formula is C28H30ClF3N4O5. The number of carbonyl (C=O) groups is 4. The molecule has 1 unspecified atom stereocenters. The lowest BCUT2D eigenvalue weighted by Gasteiger charge is -2.42. The highest BCUT2D eigenvalue weighted by molar-refractivity contribution is 5.98. The smallest absolute Gasteiger partial charge is 0.341 e. The van der Waals surface area contributed by atoms with E-state index in [4.69, 9.17) is 4.74 Å². The Bertz CT molecular complexity index is 1330. The van der Waals surface area contributed by atoms with E-state index in [-0.39, 0.29) is 47.5 Å². The lowest BCUT2D eigenvalue weighted by Crippen LogP contribution is -2.57. The molecule has 2 aliphatic heterocycles. The Morgan fingerprint density at radius 1 is 1.07 bits per heavy atom. The molecule has 220 valence electrons. The van der Waals surface area contributed by atoms with E-state index in [2.05, 4.69) is 5.32 Å². The van der Waals surface area contributed by atoms with Crippen LogP contribution in [0.2, 0.25) is 0 Å². The number of methoxy groups -OCH3 is 1. The van der Waals surface area contributed by atoms with Gasteiger partial charge in [-0.25, -0.2) is 27.8 Å². The zero-order chi connectivity index (χ0) is 29.0. The van der Waals surface area contributed by atoms with Gasteiger partial charge in [0, 0.05) is 23.7 Å². The SMILES string of the molecule is COC(=O)C1=C(C)NC(=O)N(N(C=O)CCN2CCC(C(=O)c3ccc(F)cc3)CC2)C1c1ccc(F)c(F)c1.Cl. The second-order valence-electron chi connectivity index (χ2n) is 9.64. The normalized spacial score (nSPS) is 17.9. The summed E-state index contributed by atoms with van der Waals surface area (Å²) < 4.78 is 46.0. The van der Waals surface area contributed by atoms with E-state index in [1.54, 1.807) is 0 Å². The molecule has 0 aliphatic carbocycles. The van der Waals surface area contributed by atoms with Crippen LogP contribution in [0, 0.1) is 23.4 Å². The number of carbonyl (C=O) groups excluding carboxylic acids is 4. The highest BCUT2D eigenvalue weighted by atomic mass is 35.5. The van der Waals surface area contributed by atoms with Gasteiger partial charge in [-0.3, -0.25) is 14.6 Å². The van der Waals surface area contributed by atoms with Crippen molar-refractivity contribution in [3.8, 4) is 0 Å². The number of halogens is 4. The van der Waals surface area contributed by atoms with Crippen LogP contribution in [0.25, 0.3) is 0 Å². The maximum atomic E-state index is 14.2. The Morgan fingerprint density at radius 3 is 2.32 bits per heavy atom. The molecule has 13 heteroatoms. The summed E-state index contributed by atoms with van der Waals surface area (Å²) in [6.45, 7) is 2.93. The van der Waals surface area contributed by atoms with Crippen molar-refractivity contribution in [1.82, 2.24) is 20.2 Å². The number of Topliss-reactive ketones (excluding diaryl/α,β-unsaturated/α-hetero) is 1. The molecule has 1 N–H and O–H groups in total. The number of allylic oxidation sites excluding steroid dienone is 1. The minimum Gasteiger partial charge on any atom is -0.466 e. The summed E-state index contributed by atoms with van der Waals surface area (Å²) >= 11 is 0. The molecule has 4 rings (SSSR count). The van der Waals surface area contributed by atoms with Crippen LogP contribution in [-0.2, 0) is 14.3 Å². The van der Waals surface area contributed by atoms with Crippen molar-refractivity contribution in [3.63, 3.8) is 0 Å². The average Bonchev–Trinajstić information content (AvgIpc) is 2.95. The lowest BCUT2D eigenvalue weighted by atomic mass is 9.89. The lowest BCUT2D eigenvalue weighted by molar-refractivity contribution is -0.141. The predicted molar refractivity (Wildman–Crippen MR) is 144 cm³/mol. The Labute approximate surface area is 241 Å². The van der Waals surface area contributed by atoms with Crippen LogP contribution < -0.4 is 5.32 Å². The number of hydrogen-bond acceptors (Lipinski definition) is 6. The number of ketones is 1.